The molecule has 1 N–H and O–H groups in total. The molecule has 0 aromatic rings. The van der Waals surface area contributed by atoms with Crippen LogP contribution in [0.25, 0.3) is 0 Å². The quantitative estimate of drug-likeness (QED) is 0.693. The van der Waals surface area contributed by atoms with Crippen molar-refractivity contribution in [2.45, 2.75) is 50.7 Å². The van der Waals surface area contributed by atoms with Crippen LogP contribution in [-0.2, 0) is 14.3 Å². The summed E-state index contributed by atoms with van der Waals surface area (Å²) < 4.78 is 10.7. The zero-order chi connectivity index (χ0) is 13.9. The first-order valence-corrected chi connectivity index (χ1v) is 7.28. The number of carbonyl (C=O) groups excluding carboxylic acids is 1. The number of carbonyl (C=O) groups is 1. The number of rotatable bonds is 7. The summed E-state index contributed by atoms with van der Waals surface area (Å²) in [5, 5.41) is 3.45. The third kappa shape index (κ3) is 3.91. The lowest BCUT2D eigenvalue weighted by molar-refractivity contribution is -0.151. The molecule has 1 saturated heterocycles. The summed E-state index contributed by atoms with van der Waals surface area (Å²) >= 11 is 0. The lowest BCUT2D eigenvalue weighted by atomic mass is 10.0. The number of hydrogen-bond acceptors (Lipinski definition) is 5. The molecule has 0 bridgehead atoms. The standard InChI is InChI=1S/C14H26N2O3/c1-4-19-13(17)14(2,15-11-5-6-11)10-16(3)12-7-8-18-9-12/h11-12,15H,4-10H2,1-3H3. The number of likely N-dealkylation sites (N-methyl/N-ethyl adjacent to an activating group) is 1. The molecule has 5 heteroatoms. The summed E-state index contributed by atoms with van der Waals surface area (Å²) in [6.45, 7) is 6.48. The van der Waals surface area contributed by atoms with Crippen molar-refractivity contribution in [2.24, 2.45) is 0 Å². The van der Waals surface area contributed by atoms with Crippen molar-refractivity contribution in [3.8, 4) is 0 Å². The van der Waals surface area contributed by atoms with Gasteiger partial charge in [0, 0.05) is 25.2 Å². The molecule has 1 aliphatic heterocycles. The normalized spacial score (nSPS) is 26.4. The Bertz CT molecular complexity index is 314. The number of nitrogens with zero attached hydrogens (tertiary/aromatic N) is 1. The number of hydrogen-bond donors (Lipinski definition) is 1. The molecule has 19 heavy (non-hydrogen) atoms. The largest absolute Gasteiger partial charge is 0.465 e. The molecule has 1 aliphatic carbocycles. The molecule has 0 amide bonds. The monoisotopic (exact) mass is 270 g/mol. The number of ether oxygens (including phenoxy) is 2. The van der Waals surface area contributed by atoms with Gasteiger partial charge in [0.1, 0.15) is 5.54 Å². The van der Waals surface area contributed by atoms with Crippen LogP contribution in [0.15, 0.2) is 0 Å². The highest BCUT2D eigenvalue weighted by atomic mass is 16.5. The first-order chi connectivity index (χ1) is 9.05. The van der Waals surface area contributed by atoms with Gasteiger partial charge in [-0.15, -0.1) is 0 Å². The summed E-state index contributed by atoms with van der Waals surface area (Å²) in [6, 6.07) is 0.886. The summed E-state index contributed by atoms with van der Waals surface area (Å²) in [4.78, 5) is 14.5. The molecule has 0 spiro atoms. The van der Waals surface area contributed by atoms with Crippen LogP contribution in [0.3, 0.4) is 0 Å². The van der Waals surface area contributed by atoms with Gasteiger partial charge in [0.2, 0.25) is 0 Å². The highest BCUT2D eigenvalue weighted by Crippen LogP contribution is 2.24. The van der Waals surface area contributed by atoms with Gasteiger partial charge in [0.05, 0.1) is 13.2 Å². The second-order valence-electron chi connectivity index (χ2n) is 5.90. The Morgan fingerprint density at radius 1 is 1.47 bits per heavy atom. The van der Waals surface area contributed by atoms with Gasteiger partial charge in [-0.1, -0.05) is 0 Å². The molecular formula is C14H26N2O3. The van der Waals surface area contributed by atoms with E-state index in [1.165, 1.54) is 0 Å². The lowest BCUT2D eigenvalue weighted by Gasteiger charge is -2.35. The fourth-order valence-corrected chi connectivity index (χ4v) is 2.64. The zero-order valence-corrected chi connectivity index (χ0v) is 12.3. The van der Waals surface area contributed by atoms with Crippen LogP contribution in [0.1, 0.15) is 33.1 Å². The van der Waals surface area contributed by atoms with Crippen LogP contribution in [-0.4, -0.2) is 61.9 Å². The Labute approximate surface area is 115 Å². The first-order valence-electron chi connectivity index (χ1n) is 7.28. The van der Waals surface area contributed by atoms with E-state index in [0.29, 0.717) is 25.2 Å². The Morgan fingerprint density at radius 2 is 2.21 bits per heavy atom. The van der Waals surface area contributed by atoms with E-state index in [2.05, 4.69) is 17.3 Å². The van der Waals surface area contributed by atoms with Crippen molar-refractivity contribution in [3.05, 3.63) is 0 Å². The van der Waals surface area contributed by atoms with Crippen molar-refractivity contribution in [2.75, 3.05) is 33.4 Å². The molecule has 0 aromatic carbocycles. The van der Waals surface area contributed by atoms with E-state index >= 15 is 0 Å². The maximum Gasteiger partial charge on any atom is 0.327 e. The smallest absolute Gasteiger partial charge is 0.327 e. The summed E-state index contributed by atoms with van der Waals surface area (Å²) in [6.07, 6.45) is 3.36. The van der Waals surface area contributed by atoms with Gasteiger partial charge in [-0.05, 0) is 40.2 Å². The molecular weight excluding hydrogens is 244 g/mol. The number of nitrogens with one attached hydrogen (secondary N) is 1. The van der Waals surface area contributed by atoms with Crippen molar-refractivity contribution in [1.29, 1.82) is 0 Å². The lowest BCUT2D eigenvalue weighted by Crippen LogP contribution is -2.59. The Kier molecular flexibility index (Phi) is 4.81. The van der Waals surface area contributed by atoms with E-state index in [-0.39, 0.29) is 5.97 Å². The minimum Gasteiger partial charge on any atom is -0.465 e. The Balaban J connectivity index is 1.96. The average molecular weight is 270 g/mol. The predicted molar refractivity (Wildman–Crippen MR) is 73.0 cm³/mol. The Morgan fingerprint density at radius 3 is 2.74 bits per heavy atom. The van der Waals surface area contributed by atoms with E-state index in [1.54, 1.807) is 0 Å². The van der Waals surface area contributed by atoms with Crippen molar-refractivity contribution in [3.63, 3.8) is 0 Å². The van der Waals surface area contributed by atoms with Gasteiger partial charge in [0.15, 0.2) is 0 Å². The predicted octanol–water partition coefficient (Wildman–Crippen LogP) is 0.781. The van der Waals surface area contributed by atoms with Crippen LogP contribution in [0.2, 0.25) is 0 Å². The SMILES string of the molecule is CCOC(=O)C(C)(CN(C)C1CCOC1)NC1CC1. The zero-order valence-electron chi connectivity index (χ0n) is 12.3. The maximum absolute atomic E-state index is 12.2. The summed E-state index contributed by atoms with van der Waals surface area (Å²) in [5.74, 6) is -0.146. The van der Waals surface area contributed by atoms with E-state index in [1.807, 2.05) is 13.8 Å². The van der Waals surface area contributed by atoms with Crippen LogP contribution in [0.5, 0.6) is 0 Å². The van der Waals surface area contributed by atoms with Gasteiger partial charge < -0.3 is 9.47 Å². The van der Waals surface area contributed by atoms with Gasteiger partial charge in [-0.3, -0.25) is 15.0 Å². The second kappa shape index (κ2) is 6.20. The maximum atomic E-state index is 12.2. The molecule has 1 saturated carbocycles. The molecule has 5 nitrogen and oxygen atoms in total. The average Bonchev–Trinajstić information content (AvgIpc) is 2.98. The minimum atomic E-state index is -0.617. The topological polar surface area (TPSA) is 50.8 Å². The fourth-order valence-electron chi connectivity index (χ4n) is 2.64. The van der Waals surface area contributed by atoms with E-state index in [9.17, 15) is 4.79 Å². The van der Waals surface area contributed by atoms with E-state index < -0.39 is 5.54 Å². The van der Waals surface area contributed by atoms with Gasteiger partial charge in [-0.2, -0.15) is 0 Å². The summed E-state index contributed by atoms with van der Waals surface area (Å²) in [7, 11) is 2.06. The van der Waals surface area contributed by atoms with E-state index in [4.69, 9.17) is 9.47 Å². The molecule has 2 rings (SSSR count). The highest BCUT2D eigenvalue weighted by Gasteiger charge is 2.41. The van der Waals surface area contributed by atoms with E-state index in [0.717, 1.165) is 32.5 Å². The van der Waals surface area contributed by atoms with Crippen molar-refractivity contribution >= 4 is 5.97 Å². The molecule has 2 aliphatic rings. The molecule has 0 radical (unpaired) electrons. The molecule has 1 heterocycles. The molecule has 0 aromatic heterocycles. The second-order valence-corrected chi connectivity index (χ2v) is 5.90. The van der Waals surface area contributed by atoms with Crippen LogP contribution < -0.4 is 5.32 Å². The summed E-state index contributed by atoms with van der Waals surface area (Å²) in [5.41, 5.74) is -0.617. The van der Waals surface area contributed by atoms with Gasteiger partial charge in [-0.25, -0.2) is 0 Å². The van der Waals surface area contributed by atoms with Gasteiger partial charge in [0.25, 0.3) is 0 Å². The van der Waals surface area contributed by atoms with Crippen LogP contribution >= 0.6 is 0 Å². The van der Waals surface area contributed by atoms with Crippen molar-refractivity contribution < 1.29 is 14.3 Å². The van der Waals surface area contributed by atoms with Crippen LogP contribution in [0.4, 0.5) is 0 Å². The minimum absolute atomic E-state index is 0.146. The fraction of sp³-hybridized carbons (Fsp3) is 0.929. The van der Waals surface area contributed by atoms with Crippen molar-refractivity contribution in [1.82, 2.24) is 10.2 Å². The van der Waals surface area contributed by atoms with Gasteiger partial charge >= 0.3 is 5.97 Å². The Hall–Kier alpha value is -0.650. The third-order valence-electron chi connectivity index (χ3n) is 3.92. The molecule has 2 unspecified atom stereocenters. The first kappa shape index (κ1) is 14.8. The third-order valence-corrected chi connectivity index (χ3v) is 3.92. The molecule has 2 fully saturated rings. The highest BCUT2D eigenvalue weighted by molar-refractivity contribution is 5.80. The molecule has 110 valence electrons. The van der Waals surface area contributed by atoms with Crippen LogP contribution in [0, 0.1) is 0 Å². The molecule has 2 atom stereocenters. The number of esters is 1.